The molecular formula is C16H25N7OS. The van der Waals surface area contributed by atoms with E-state index >= 15 is 0 Å². The number of carbonyl (C=O) groups is 1. The van der Waals surface area contributed by atoms with E-state index < -0.39 is 0 Å². The Morgan fingerprint density at radius 1 is 1.36 bits per heavy atom. The average Bonchev–Trinajstić information content (AvgIpc) is 3.13. The number of likely N-dealkylation sites (tertiary alicyclic amines) is 1. The number of nitrogen functional groups attached to an aromatic ring is 1. The van der Waals surface area contributed by atoms with Gasteiger partial charge < -0.3 is 10.7 Å². The fourth-order valence-electron chi connectivity index (χ4n) is 3.31. The van der Waals surface area contributed by atoms with Crippen molar-refractivity contribution in [3.63, 3.8) is 0 Å². The van der Waals surface area contributed by atoms with Crippen LogP contribution in [-0.2, 0) is 4.79 Å². The van der Waals surface area contributed by atoms with E-state index in [1.165, 1.54) is 22.9 Å². The molecule has 0 aliphatic carbocycles. The molecule has 1 aliphatic heterocycles. The average molecular weight is 363 g/mol. The maximum Gasteiger partial charge on any atom is 0.271 e. The summed E-state index contributed by atoms with van der Waals surface area (Å²) in [5, 5.41) is 13.1. The fraction of sp³-hybridized carbons (Fsp3) is 0.625. The molecular weight excluding hydrogens is 338 g/mol. The summed E-state index contributed by atoms with van der Waals surface area (Å²) < 4.78 is 3.05. The summed E-state index contributed by atoms with van der Waals surface area (Å²) in [6.45, 7) is 6.84. The van der Waals surface area contributed by atoms with Crippen LogP contribution in [0.3, 0.4) is 0 Å². The van der Waals surface area contributed by atoms with Gasteiger partial charge in [0, 0.05) is 18.3 Å². The molecule has 8 nitrogen and oxygen atoms in total. The normalized spacial score (nSPS) is 17.9. The predicted octanol–water partition coefficient (Wildman–Crippen LogP) is 1.68. The highest BCUT2D eigenvalue weighted by atomic mass is 32.2. The van der Waals surface area contributed by atoms with Gasteiger partial charge in [0.1, 0.15) is 0 Å². The molecule has 9 heteroatoms. The number of piperidine rings is 1. The summed E-state index contributed by atoms with van der Waals surface area (Å²) in [7, 11) is 0. The second kappa shape index (κ2) is 7.47. The highest BCUT2D eigenvalue weighted by Gasteiger charge is 2.26. The molecule has 0 aromatic carbocycles. The fourth-order valence-corrected chi connectivity index (χ4v) is 4.04. The van der Waals surface area contributed by atoms with E-state index in [0.717, 1.165) is 37.2 Å². The van der Waals surface area contributed by atoms with Gasteiger partial charge in [-0.25, -0.2) is 9.36 Å². The van der Waals surface area contributed by atoms with Gasteiger partial charge >= 0.3 is 0 Å². The van der Waals surface area contributed by atoms with Crippen LogP contribution in [0.1, 0.15) is 44.0 Å². The number of nitrogens with two attached hydrogens (primary N) is 1. The number of carbonyl (C=O) groups excluding carboxylic acids is 1. The van der Waals surface area contributed by atoms with Gasteiger partial charge in [-0.2, -0.15) is 5.10 Å². The van der Waals surface area contributed by atoms with Gasteiger partial charge in [0.15, 0.2) is 0 Å². The van der Waals surface area contributed by atoms with Crippen molar-refractivity contribution in [3.8, 4) is 5.95 Å². The van der Waals surface area contributed by atoms with E-state index in [-0.39, 0.29) is 5.91 Å². The number of hydrogen-bond acceptors (Lipinski definition) is 6. The highest BCUT2D eigenvalue weighted by molar-refractivity contribution is 7.99. The third-order valence-corrected chi connectivity index (χ3v) is 5.52. The third-order valence-electron chi connectivity index (χ3n) is 4.59. The Balaban J connectivity index is 1.68. The predicted molar refractivity (Wildman–Crippen MR) is 97.1 cm³/mol. The molecule has 1 atom stereocenters. The number of thioether (sulfide) groups is 1. The summed E-state index contributed by atoms with van der Waals surface area (Å²) in [5.74, 6) is 7.03. The van der Waals surface area contributed by atoms with Crippen molar-refractivity contribution in [3.05, 3.63) is 17.5 Å². The molecule has 1 fully saturated rings. The van der Waals surface area contributed by atoms with E-state index in [0.29, 0.717) is 22.9 Å². The number of amides is 1. The van der Waals surface area contributed by atoms with Crippen LogP contribution in [-0.4, -0.2) is 53.8 Å². The minimum absolute atomic E-state index is 0.146. The van der Waals surface area contributed by atoms with Crippen molar-refractivity contribution in [2.45, 2.75) is 57.7 Å². The van der Waals surface area contributed by atoms with Gasteiger partial charge in [0.05, 0.1) is 11.4 Å². The monoisotopic (exact) mass is 363 g/mol. The van der Waals surface area contributed by atoms with Crippen LogP contribution in [0.25, 0.3) is 5.95 Å². The van der Waals surface area contributed by atoms with E-state index in [1.807, 2.05) is 24.8 Å². The van der Waals surface area contributed by atoms with Gasteiger partial charge in [-0.05, 0) is 45.6 Å². The van der Waals surface area contributed by atoms with E-state index in [9.17, 15) is 4.79 Å². The first-order valence-electron chi connectivity index (χ1n) is 8.67. The van der Waals surface area contributed by atoms with Crippen molar-refractivity contribution in [1.29, 1.82) is 0 Å². The van der Waals surface area contributed by atoms with Gasteiger partial charge in [-0.1, -0.05) is 18.7 Å². The van der Waals surface area contributed by atoms with Crippen LogP contribution in [0.15, 0.2) is 11.2 Å². The Bertz CT molecular complexity index is 754. The number of nitrogens with zero attached hydrogens (tertiary/aromatic N) is 6. The van der Waals surface area contributed by atoms with Gasteiger partial charge in [0.2, 0.25) is 11.1 Å². The van der Waals surface area contributed by atoms with Crippen LogP contribution in [0.5, 0.6) is 0 Å². The first kappa shape index (κ1) is 17.8. The molecule has 2 aromatic heterocycles. The molecule has 136 valence electrons. The minimum atomic E-state index is 0.146. The molecule has 25 heavy (non-hydrogen) atoms. The Morgan fingerprint density at radius 2 is 2.16 bits per heavy atom. The second-order valence-corrected chi connectivity index (χ2v) is 7.37. The van der Waals surface area contributed by atoms with Crippen molar-refractivity contribution in [2.24, 2.45) is 0 Å². The molecule has 0 bridgehead atoms. The van der Waals surface area contributed by atoms with E-state index in [4.69, 9.17) is 5.84 Å². The molecule has 1 unspecified atom stereocenters. The molecule has 1 aliphatic rings. The lowest BCUT2D eigenvalue weighted by Gasteiger charge is -2.35. The van der Waals surface area contributed by atoms with Gasteiger partial charge in [-0.3, -0.25) is 4.79 Å². The number of aryl methyl sites for hydroxylation is 2. The maximum atomic E-state index is 12.6. The Hall–Kier alpha value is -2.03. The molecule has 2 N–H and O–H groups in total. The van der Waals surface area contributed by atoms with Crippen molar-refractivity contribution >= 4 is 17.7 Å². The zero-order valence-corrected chi connectivity index (χ0v) is 15.8. The van der Waals surface area contributed by atoms with Gasteiger partial charge in [0.25, 0.3) is 5.95 Å². The van der Waals surface area contributed by atoms with E-state index in [2.05, 4.69) is 22.2 Å². The smallest absolute Gasteiger partial charge is 0.271 e. The van der Waals surface area contributed by atoms with Crippen LogP contribution >= 0.6 is 11.8 Å². The lowest BCUT2D eigenvalue weighted by molar-refractivity contribution is -0.132. The molecule has 0 radical (unpaired) electrons. The quantitative estimate of drug-likeness (QED) is 0.641. The zero-order chi connectivity index (χ0) is 18.0. The summed E-state index contributed by atoms with van der Waals surface area (Å²) >= 11 is 1.32. The first-order valence-corrected chi connectivity index (χ1v) is 9.66. The molecule has 2 aromatic rings. The van der Waals surface area contributed by atoms with Crippen LogP contribution < -0.4 is 5.84 Å². The lowest BCUT2D eigenvalue weighted by Crippen LogP contribution is -2.44. The maximum absolute atomic E-state index is 12.6. The third kappa shape index (κ3) is 3.65. The highest BCUT2D eigenvalue weighted by Crippen LogP contribution is 2.23. The van der Waals surface area contributed by atoms with Crippen molar-refractivity contribution in [2.75, 3.05) is 18.1 Å². The molecule has 1 saturated heterocycles. The number of aromatic nitrogens is 5. The SMILES string of the molecule is CCC1CCCCN1C(=O)CSc1nnc(-n2nc(C)cc2C)n1N. The topological polar surface area (TPSA) is 94.9 Å². The van der Waals surface area contributed by atoms with Crippen molar-refractivity contribution in [1.82, 2.24) is 29.6 Å². The van der Waals surface area contributed by atoms with Crippen molar-refractivity contribution < 1.29 is 4.79 Å². The second-order valence-electron chi connectivity index (χ2n) is 6.43. The lowest BCUT2D eigenvalue weighted by atomic mass is 10.0. The minimum Gasteiger partial charge on any atom is -0.339 e. The number of rotatable bonds is 5. The first-order chi connectivity index (χ1) is 12.0. The zero-order valence-electron chi connectivity index (χ0n) is 15.0. The molecule has 3 heterocycles. The summed E-state index contributed by atoms with van der Waals surface area (Å²) in [5.41, 5.74) is 1.82. The Kier molecular flexibility index (Phi) is 5.31. The summed E-state index contributed by atoms with van der Waals surface area (Å²) in [6.07, 6.45) is 4.40. The number of hydrogen-bond donors (Lipinski definition) is 1. The van der Waals surface area contributed by atoms with Gasteiger partial charge in [-0.15, -0.1) is 10.2 Å². The molecule has 1 amide bonds. The van der Waals surface area contributed by atoms with E-state index in [1.54, 1.807) is 4.68 Å². The van der Waals surface area contributed by atoms with Crippen LogP contribution in [0.2, 0.25) is 0 Å². The molecule has 0 spiro atoms. The Labute approximate surface area is 151 Å². The summed E-state index contributed by atoms with van der Waals surface area (Å²) in [6, 6.07) is 2.31. The van der Waals surface area contributed by atoms with Crippen LogP contribution in [0.4, 0.5) is 0 Å². The van der Waals surface area contributed by atoms with Crippen LogP contribution in [0, 0.1) is 13.8 Å². The Morgan fingerprint density at radius 3 is 2.84 bits per heavy atom. The summed E-state index contributed by atoms with van der Waals surface area (Å²) in [4.78, 5) is 14.6. The molecule has 3 rings (SSSR count). The molecule has 0 saturated carbocycles. The standard InChI is InChI=1S/C16H25N7OS/c1-4-13-7-5-6-8-21(13)14(24)10-25-16-19-18-15(22(16)17)23-12(3)9-11(2)20-23/h9,13H,4-8,10,17H2,1-3H3. The largest absolute Gasteiger partial charge is 0.339 e.